The maximum absolute atomic E-state index is 13.5. The van der Waals surface area contributed by atoms with Crippen LogP contribution in [0.2, 0.25) is 0 Å². The third-order valence-electron chi connectivity index (χ3n) is 4.07. The number of thioether (sulfide) groups is 1. The van der Waals surface area contributed by atoms with E-state index in [0.29, 0.717) is 5.56 Å². The first-order valence-corrected chi connectivity index (χ1v) is 11.8. The van der Waals surface area contributed by atoms with Crippen molar-refractivity contribution in [3.63, 3.8) is 0 Å². The number of benzene rings is 2. The van der Waals surface area contributed by atoms with E-state index < -0.39 is 18.2 Å². The molecule has 2 aromatic rings. The molecule has 0 fully saturated rings. The summed E-state index contributed by atoms with van der Waals surface area (Å²) in [6.45, 7) is 4.01. The van der Waals surface area contributed by atoms with Gasteiger partial charge < -0.3 is 14.2 Å². The van der Waals surface area contributed by atoms with Crippen molar-refractivity contribution in [2.75, 3.05) is 19.5 Å². The average Bonchev–Trinajstić information content (AvgIpc) is 2.69. The molecule has 27 heavy (non-hydrogen) atoms. The van der Waals surface area contributed by atoms with Crippen LogP contribution in [0.1, 0.15) is 25.0 Å². The van der Waals surface area contributed by atoms with Crippen LogP contribution in [0.25, 0.3) is 6.08 Å². The fraction of sp³-hybridized carbons (Fsp3) is 0.333. The van der Waals surface area contributed by atoms with Gasteiger partial charge in [-0.05, 0) is 37.3 Å². The molecule has 146 valence electrons. The Morgan fingerprint density at radius 1 is 1.04 bits per heavy atom. The minimum Gasteiger partial charge on any atom is -0.379 e. The highest BCUT2D eigenvalue weighted by Gasteiger charge is 2.49. The summed E-state index contributed by atoms with van der Waals surface area (Å²) in [4.78, 5) is -0.813. The smallest absolute Gasteiger partial charge is 0.347 e. The van der Waals surface area contributed by atoms with Crippen molar-refractivity contribution < 1.29 is 18.7 Å². The van der Waals surface area contributed by atoms with E-state index in [1.165, 1.54) is 11.8 Å². The molecule has 2 aromatic carbocycles. The molecular formula is C21H27O4PS. The SMILES string of the molecule is CCOP(=O)(OCC)C(SC)C(O)(/C=C/c1ccccc1)c1ccccc1. The Labute approximate surface area is 166 Å². The molecule has 4 nitrogen and oxygen atoms in total. The van der Waals surface area contributed by atoms with Crippen molar-refractivity contribution in [2.45, 2.75) is 24.4 Å². The lowest BCUT2D eigenvalue weighted by atomic mass is 9.94. The van der Waals surface area contributed by atoms with E-state index in [9.17, 15) is 9.67 Å². The molecule has 0 radical (unpaired) electrons. The van der Waals surface area contributed by atoms with Gasteiger partial charge in [-0.15, -0.1) is 11.8 Å². The van der Waals surface area contributed by atoms with Gasteiger partial charge in [0.05, 0.1) is 13.2 Å². The van der Waals surface area contributed by atoms with Gasteiger partial charge in [0.1, 0.15) is 10.6 Å². The highest BCUT2D eigenvalue weighted by Crippen LogP contribution is 2.62. The lowest BCUT2D eigenvalue weighted by Gasteiger charge is -2.36. The molecule has 0 bridgehead atoms. The minimum absolute atomic E-state index is 0.238. The molecule has 2 atom stereocenters. The molecule has 2 rings (SSSR count). The van der Waals surface area contributed by atoms with Crippen LogP contribution >= 0.6 is 19.4 Å². The molecule has 1 N–H and O–H groups in total. The molecule has 0 aliphatic carbocycles. The molecule has 0 spiro atoms. The van der Waals surface area contributed by atoms with E-state index in [1.807, 2.05) is 66.7 Å². The van der Waals surface area contributed by atoms with E-state index in [-0.39, 0.29) is 13.2 Å². The van der Waals surface area contributed by atoms with Crippen molar-refractivity contribution in [1.82, 2.24) is 0 Å². The van der Waals surface area contributed by atoms with Crippen LogP contribution in [-0.4, -0.2) is 29.6 Å². The normalized spacial score (nSPS) is 15.6. The molecule has 2 unspecified atom stereocenters. The molecule has 0 heterocycles. The summed E-state index contributed by atoms with van der Waals surface area (Å²) in [7, 11) is -3.58. The number of hydrogen-bond acceptors (Lipinski definition) is 5. The number of hydrogen-bond donors (Lipinski definition) is 1. The first-order valence-electron chi connectivity index (χ1n) is 8.94. The van der Waals surface area contributed by atoms with Crippen LogP contribution in [0.3, 0.4) is 0 Å². The molecule has 0 amide bonds. The predicted octanol–water partition coefficient (Wildman–Crippen LogP) is 5.54. The summed E-state index contributed by atoms with van der Waals surface area (Å²) >= 11 is 1.28. The minimum atomic E-state index is -3.58. The van der Waals surface area contributed by atoms with Crippen molar-refractivity contribution in [1.29, 1.82) is 0 Å². The van der Waals surface area contributed by atoms with Gasteiger partial charge in [-0.25, -0.2) is 0 Å². The van der Waals surface area contributed by atoms with Gasteiger partial charge in [0.25, 0.3) is 0 Å². The fourth-order valence-electron chi connectivity index (χ4n) is 2.90. The zero-order chi connectivity index (χ0) is 19.8. The summed E-state index contributed by atoms with van der Waals surface area (Å²) in [5.41, 5.74) is 0.0432. The quantitative estimate of drug-likeness (QED) is 0.525. The maximum Gasteiger partial charge on any atom is 0.347 e. The molecule has 0 saturated carbocycles. The van der Waals surface area contributed by atoms with Crippen molar-refractivity contribution in [2.24, 2.45) is 0 Å². The van der Waals surface area contributed by atoms with Gasteiger partial charge in [0, 0.05) is 0 Å². The van der Waals surface area contributed by atoms with Crippen molar-refractivity contribution >= 4 is 25.4 Å². The third-order valence-corrected chi connectivity index (χ3v) is 8.49. The number of rotatable bonds is 10. The monoisotopic (exact) mass is 406 g/mol. The second-order valence-corrected chi connectivity index (χ2v) is 9.30. The average molecular weight is 406 g/mol. The van der Waals surface area contributed by atoms with Gasteiger partial charge in [0.2, 0.25) is 0 Å². The van der Waals surface area contributed by atoms with Crippen LogP contribution in [0.15, 0.2) is 66.7 Å². The van der Waals surface area contributed by atoms with Crippen LogP contribution in [-0.2, 0) is 19.2 Å². The van der Waals surface area contributed by atoms with Crippen LogP contribution in [0.4, 0.5) is 0 Å². The standard InChI is InChI=1S/C21H27O4PS/c1-4-24-26(23,25-5-2)20(27-3)21(22,19-14-10-7-11-15-19)17-16-18-12-8-6-9-13-18/h6-17,20,22H,4-5H2,1-3H3/b17-16+. The summed E-state index contributed by atoms with van der Waals surface area (Å²) in [5, 5.41) is 11.8. The first-order chi connectivity index (χ1) is 13.0. The summed E-state index contributed by atoms with van der Waals surface area (Å²) < 4.78 is 24.6. The molecule has 0 saturated heterocycles. The highest BCUT2D eigenvalue weighted by atomic mass is 32.2. The van der Waals surface area contributed by atoms with Gasteiger partial charge in [-0.2, -0.15) is 0 Å². The van der Waals surface area contributed by atoms with Crippen LogP contribution < -0.4 is 0 Å². The van der Waals surface area contributed by atoms with Gasteiger partial charge in [0.15, 0.2) is 0 Å². The zero-order valence-corrected chi connectivity index (χ0v) is 17.7. The second kappa shape index (κ2) is 10.3. The molecule has 0 aromatic heterocycles. The van der Waals surface area contributed by atoms with Crippen molar-refractivity contribution in [3.05, 3.63) is 77.9 Å². The molecule has 6 heteroatoms. The Balaban J connectivity index is 2.56. The Kier molecular flexibility index (Phi) is 8.33. The maximum atomic E-state index is 13.5. The van der Waals surface area contributed by atoms with E-state index in [4.69, 9.17) is 9.05 Å². The van der Waals surface area contributed by atoms with E-state index in [2.05, 4.69) is 0 Å². The third kappa shape index (κ3) is 5.34. The van der Waals surface area contributed by atoms with Gasteiger partial charge >= 0.3 is 7.60 Å². The molecule has 0 aliphatic rings. The lowest BCUT2D eigenvalue weighted by Crippen LogP contribution is -2.36. The summed E-state index contributed by atoms with van der Waals surface area (Å²) in [5.74, 6) is 0. The molecule has 0 aliphatic heterocycles. The van der Waals surface area contributed by atoms with Gasteiger partial charge in [-0.3, -0.25) is 4.57 Å². The summed E-state index contributed by atoms with van der Waals surface area (Å²) in [6, 6.07) is 18.9. The Hall–Kier alpha value is -1.36. The van der Waals surface area contributed by atoms with Crippen LogP contribution in [0, 0.1) is 0 Å². The van der Waals surface area contributed by atoms with E-state index in [0.717, 1.165) is 5.56 Å². The molecular weight excluding hydrogens is 379 g/mol. The largest absolute Gasteiger partial charge is 0.379 e. The first kappa shape index (κ1) is 21.9. The predicted molar refractivity (Wildman–Crippen MR) is 114 cm³/mol. The van der Waals surface area contributed by atoms with E-state index >= 15 is 0 Å². The number of aliphatic hydroxyl groups is 1. The highest BCUT2D eigenvalue weighted by molar-refractivity contribution is 8.05. The Bertz CT molecular complexity index is 756. The topological polar surface area (TPSA) is 55.8 Å². The van der Waals surface area contributed by atoms with Gasteiger partial charge in [-0.1, -0.05) is 66.7 Å². The lowest BCUT2D eigenvalue weighted by molar-refractivity contribution is 0.0921. The van der Waals surface area contributed by atoms with Crippen LogP contribution in [0.5, 0.6) is 0 Å². The fourth-order valence-corrected chi connectivity index (χ4v) is 6.65. The second-order valence-electron chi connectivity index (χ2n) is 5.90. The van der Waals surface area contributed by atoms with Crippen molar-refractivity contribution in [3.8, 4) is 0 Å². The Morgan fingerprint density at radius 3 is 2.04 bits per heavy atom. The summed E-state index contributed by atoms with van der Waals surface area (Å²) in [6.07, 6.45) is 5.32. The Morgan fingerprint density at radius 2 is 1.56 bits per heavy atom. The van der Waals surface area contributed by atoms with E-state index in [1.54, 1.807) is 26.2 Å². The zero-order valence-electron chi connectivity index (χ0n) is 15.9.